The van der Waals surface area contributed by atoms with Crippen LogP contribution in [0, 0.1) is 5.92 Å². The molecule has 0 radical (unpaired) electrons. The molecule has 1 aromatic rings. The van der Waals surface area contributed by atoms with E-state index in [1.165, 1.54) is 24.0 Å². The summed E-state index contributed by atoms with van der Waals surface area (Å²) in [4.78, 5) is 4.01. The third-order valence-corrected chi connectivity index (χ3v) is 2.41. The highest BCUT2D eigenvalue weighted by atomic mass is 14.6. The summed E-state index contributed by atoms with van der Waals surface area (Å²) in [6.45, 7) is 2.27. The molecular formula is C11H13N. The van der Waals surface area contributed by atoms with Gasteiger partial charge >= 0.3 is 0 Å². The normalized spacial score (nSPS) is 22.4. The van der Waals surface area contributed by atoms with Crippen molar-refractivity contribution >= 4 is 5.57 Å². The molecule has 12 heavy (non-hydrogen) atoms. The van der Waals surface area contributed by atoms with Gasteiger partial charge in [-0.1, -0.05) is 13.0 Å². The van der Waals surface area contributed by atoms with E-state index in [2.05, 4.69) is 30.1 Å². The van der Waals surface area contributed by atoms with Gasteiger partial charge in [0.1, 0.15) is 0 Å². The molecule has 0 spiro atoms. The summed E-state index contributed by atoms with van der Waals surface area (Å²) in [6, 6.07) is 4.17. The molecule has 1 nitrogen and oxygen atoms in total. The van der Waals surface area contributed by atoms with E-state index in [9.17, 15) is 0 Å². The van der Waals surface area contributed by atoms with Gasteiger partial charge in [0.2, 0.25) is 0 Å². The Kier molecular flexibility index (Phi) is 1.94. The Labute approximate surface area is 73.1 Å². The van der Waals surface area contributed by atoms with Gasteiger partial charge in [0, 0.05) is 12.4 Å². The average Bonchev–Trinajstić information content (AvgIpc) is 2.54. The van der Waals surface area contributed by atoms with Crippen LogP contribution in [0.4, 0.5) is 0 Å². The summed E-state index contributed by atoms with van der Waals surface area (Å²) in [5.74, 6) is 0.758. The topological polar surface area (TPSA) is 12.9 Å². The molecule has 1 aliphatic carbocycles. The molecule has 0 amide bonds. The quantitative estimate of drug-likeness (QED) is 0.614. The number of nitrogens with zero attached hydrogens (tertiary/aromatic N) is 1. The van der Waals surface area contributed by atoms with E-state index in [-0.39, 0.29) is 0 Å². The van der Waals surface area contributed by atoms with Gasteiger partial charge in [0.15, 0.2) is 0 Å². The monoisotopic (exact) mass is 159 g/mol. The van der Waals surface area contributed by atoms with Crippen LogP contribution in [0.25, 0.3) is 5.57 Å². The van der Waals surface area contributed by atoms with Crippen molar-refractivity contribution < 1.29 is 0 Å². The Hall–Kier alpha value is -1.11. The fourth-order valence-electron chi connectivity index (χ4n) is 1.70. The molecule has 1 unspecified atom stereocenters. The summed E-state index contributed by atoms with van der Waals surface area (Å²) < 4.78 is 0. The Morgan fingerprint density at radius 3 is 2.67 bits per heavy atom. The molecule has 2 rings (SSSR count). The zero-order chi connectivity index (χ0) is 8.39. The van der Waals surface area contributed by atoms with E-state index < -0.39 is 0 Å². The molecule has 1 aromatic heterocycles. The van der Waals surface area contributed by atoms with Crippen molar-refractivity contribution in [1.82, 2.24) is 4.98 Å². The summed E-state index contributed by atoms with van der Waals surface area (Å²) in [7, 11) is 0. The van der Waals surface area contributed by atoms with Crippen molar-refractivity contribution in [3.63, 3.8) is 0 Å². The zero-order valence-corrected chi connectivity index (χ0v) is 7.33. The van der Waals surface area contributed by atoms with Crippen LogP contribution in [0.1, 0.15) is 25.3 Å². The lowest BCUT2D eigenvalue weighted by molar-refractivity contribution is 0.703. The van der Waals surface area contributed by atoms with Gasteiger partial charge < -0.3 is 0 Å². The lowest BCUT2D eigenvalue weighted by Crippen LogP contribution is -1.79. The second kappa shape index (κ2) is 3.10. The second-order valence-electron chi connectivity index (χ2n) is 3.44. The van der Waals surface area contributed by atoms with Gasteiger partial charge in [0.25, 0.3) is 0 Å². The van der Waals surface area contributed by atoms with E-state index >= 15 is 0 Å². The standard InChI is InChI=1S/C11H13N/c1-9-2-3-11(8-9)10-4-6-12-7-5-10/h4-9H,2-3H2,1H3. The van der Waals surface area contributed by atoms with E-state index in [1.54, 1.807) is 0 Å². The van der Waals surface area contributed by atoms with E-state index in [4.69, 9.17) is 0 Å². The van der Waals surface area contributed by atoms with Gasteiger partial charge in [-0.25, -0.2) is 0 Å². The summed E-state index contributed by atoms with van der Waals surface area (Å²) in [5, 5.41) is 0. The van der Waals surface area contributed by atoms with Crippen molar-refractivity contribution in [2.24, 2.45) is 5.92 Å². The highest BCUT2D eigenvalue weighted by Gasteiger charge is 2.11. The molecule has 1 atom stereocenters. The van der Waals surface area contributed by atoms with Crippen LogP contribution in [-0.2, 0) is 0 Å². The van der Waals surface area contributed by atoms with Crippen molar-refractivity contribution in [2.75, 3.05) is 0 Å². The highest BCUT2D eigenvalue weighted by molar-refractivity contribution is 5.67. The van der Waals surface area contributed by atoms with E-state index in [0.29, 0.717) is 0 Å². The Morgan fingerprint density at radius 1 is 1.33 bits per heavy atom. The minimum Gasteiger partial charge on any atom is -0.265 e. The minimum absolute atomic E-state index is 0.758. The zero-order valence-electron chi connectivity index (χ0n) is 7.33. The number of aromatic nitrogens is 1. The predicted octanol–water partition coefficient (Wildman–Crippen LogP) is 2.89. The molecule has 1 heteroatoms. The molecule has 0 aromatic carbocycles. The van der Waals surface area contributed by atoms with E-state index in [1.807, 2.05) is 12.4 Å². The summed E-state index contributed by atoms with van der Waals surface area (Å²) in [5.41, 5.74) is 2.83. The van der Waals surface area contributed by atoms with Crippen LogP contribution in [-0.4, -0.2) is 4.98 Å². The Balaban J connectivity index is 2.27. The number of allylic oxidation sites excluding steroid dienone is 2. The third-order valence-electron chi connectivity index (χ3n) is 2.41. The van der Waals surface area contributed by atoms with Crippen LogP contribution in [0.3, 0.4) is 0 Å². The van der Waals surface area contributed by atoms with Crippen molar-refractivity contribution in [2.45, 2.75) is 19.8 Å². The first-order valence-corrected chi connectivity index (χ1v) is 4.47. The van der Waals surface area contributed by atoms with Crippen LogP contribution < -0.4 is 0 Å². The first-order valence-electron chi connectivity index (χ1n) is 4.47. The molecule has 1 heterocycles. The molecule has 62 valence electrons. The number of hydrogen-bond acceptors (Lipinski definition) is 1. The van der Waals surface area contributed by atoms with Crippen molar-refractivity contribution in [1.29, 1.82) is 0 Å². The van der Waals surface area contributed by atoms with Gasteiger partial charge in [0.05, 0.1) is 0 Å². The van der Waals surface area contributed by atoms with Gasteiger partial charge in [-0.3, -0.25) is 4.98 Å². The average molecular weight is 159 g/mol. The fourth-order valence-corrected chi connectivity index (χ4v) is 1.70. The lowest BCUT2D eigenvalue weighted by atomic mass is 10.1. The molecule has 1 aliphatic rings. The maximum atomic E-state index is 4.01. The highest BCUT2D eigenvalue weighted by Crippen LogP contribution is 2.30. The van der Waals surface area contributed by atoms with Gasteiger partial charge in [-0.2, -0.15) is 0 Å². The first-order chi connectivity index (χ1) is 5.86. The summed E-state index contributed by atoms with van der Waals surface area (Å²) in [6.07, 6.45) is 8.62. The third kappa shape index (κ3) is 1.40. The van der Waals surface area contributed by atoms with Crippen LogP contribution in [0.2, 0.25) is 0 Å². The Bertz CT molecular complexity index is 287. The van der Waals surface area contributed by atoms with E-state index in [0.717, 1.165) is 5.92 Å². The predicted molar refractivity (Wildman–Crippen MR) is 50.6 cm³/mol. The van der Waals surface area contributed by atoms with Gasteiger partial charge in [-0.05, 0) is 42.0 Å². The SMILES string of the molecule is CC1C=C(c2ccncc2)CC1. The van der Waals surface area contributed by atoms with Crippen LogP contribution in [0.15, 0.2) is 30.6 Å². The molecule has 0 fully saturated rings. The lowest BCUT2D eigenvalue weighted by Gasteiger charge is -1.98. The maximum absolute atomic E-state index is 4.01. The maximum Gasteiger partial charge on any atom is 0.0273 e. The molecule has 0 aliphatic heterocycles. The van der Waals surface area contributed by atoms with Crippen molar-refractivity contribution in [3.05, 3.63) is 36.2 Å². The molecule has 0 bridgehead atoms. The number of pyridine rings is 1. The molecule has 0 saturated heterocycles. The molecule has 0 N–H and O–H groups in total. The number of rotatable bonds is 1. The van der Waals surface area contributed by atoms with Gasteiger partial charge in [-0.15, -0.1) is 0 Å². The molecular weight excluding hydrogens is 146 g/mol. The second-order valence-corrected chi connectivity index (χ2v) is 3.44. The summed E-state index contributed by atoms with van der Waals surface area (Å²) >= 11 is 0. The fraction of sp³-hybridized carbons (Fsp3) is 0.364. The number of hydrogen-bond donors (Lipinski definition) is 0. The van der Waals surface area contributed by atoms with Crippen LogP contribution in [0.5, 0.6) is 0 Å². The van der Waals surface area contributed by atoms with Crippen molar-refractivity contribution in [3.8, 4) is 0 Å². The Morgan fingerprint density at radius 2 is 2.08 bits per heavy atom. The smallest absolute Gasteiger partial charge is 0.0273 e. The first kappa shape index (κ1) is 7.53. The molecule has 0 saturated carbocycles. The minimum atomic E-state index is 0.758. The largest absolute Gasteiger partial charge is 0.265 e. The van der Waals surface area contributed by atoms with Crippen LogP contribution >= 0.6 is 0 Å².